The summed E-state index contributed by atoms with van der Waals surface area (Å²) in [5.74, 6) is 0. The molecule has 0 saturated carbocycles. The first-order valence-corrected chi connectivity index (χ1v) is 6.47. The Kier molecular flexibility index (Phi) is 4.77. The highest BCUT2D eigenvalue weighted by Gasteiger charge is 2.30. The molecule has 0 amide bonds. The van der Waals surface area contributed by atoms with Crippen LogP contribution >= 0.6 is 0 Å². The van der Waals surface area contributed by atoms with E-state index in [1.54, 1.807) is 0 Å². The summed E-state index contributed by atoms with van der Waals surface area (Å²) >= 11 is 0. The van der Waals surface area contributed by atoms with Crippen LogP contribution in [0.2, 0.25) is 0 Å². The predicted octanol–water partition coefficient (Wildman–Crippen LogP) is 1.42. The fourth-order valence-electron chi connectivity index (χ4n) is 2.30. The number of aliphatic hydroxyl groups is 1. The number of nitrogens with zero attached hydrogens (tertiary/aromatic N) is 2. The van der Waals surface area contributed by atoms with E-state index in [0.29, 0.717) is 6.04 Å². The third-order valence-corrected chi connectivity index (χ3v) is 4.09. The van der Waals surface area contributed by atoms with E-state index in [1.165, 1.54) is 6.42 Å². The molecule has 16 heavy (non-hydrogen) atoms. The Hall–Kier alpha value is -0.120. The van der Waals surface area contributed by atoms with Gasteiger partial charge in [-0.25, -0.2) is 0 Å². The lowest BCUT2D eigenvalue weighted by Crippen LogP contribution is -2.54. The summed E-state index contributed by atoms with van der Waals surface area (Å²) in [5.41, 5.74) is -0.00575. The first-order valence-electron chi connectivity index (χ1n) is 6.47. The SMILES string of the molecule is CCC1CN(CC(C)(C)C(C)O)CCN1C. The second kappa shape index (κ2) is 5.48. The van der Waals surface area contributed by atoms with Crippen LogP contribution in [0.4, 0.5) is 0 Å². The normalized spacial score (nSPS) is 27.0. The van der Waals surface area contributed by atoms with Crippen LogP contribution in [0.1, 0.15) is 34.1 Å². The summed E-state index contributed by atoms with van der Waals surface area (Å²) in [4.78, 5) is 4.95. The molecule has 0 bridgehead atoms. The van der Waals surface area contributed by atoms with Crippen molar-refractivity contribution in [3.63, 3.8) is 0 Å². The lowest BCUT2D eigenvalue weighted by molar-refractivity contribution is 0.00858. The third-order valence-electron chi connectivity index (χ3n) is 4.09. The topological polar surface area (TPSA) is 26.7 Å². The minimum Gasteiger partial charge on any atom is -0.393 e. The maximum absolute atomic E-state index is 9.75. The number of hydrogen-bond donors (Lipinski definition) is 1. The van der Waals surface area contributed by atoms with Crippen LogP contribution in [-0.4, -0.2) is 60.3 Å². The average Bonchev–Trinajstić information content (AvgIpc) is 2.20. The lowest BCUT2D eigenvalue weighted by Gasteiger charge is -2.43. The quantitative estimate of drug-likeness (QED) is 0.788. The molecule has 3 nitrogen and oxygen atoms in total. The Morgan fingerprint density at radius 1 is 1.38 bits per heavy atom. The van der Waals surface area contributed by atoms with Crippen molar-refractivity contribution < 1.29 is 5.11 Å². The van der Waals surface area contributed by atoms with Gasteiger partial charge in [0.2, 0.25) is 0 Å². The molecule has 1 aliphatic rings. The molecule has 1 saturated heterocycles. The number of likely N-dealkylation sites (N-methyl/N-ethyl adjacent to an activating group) is 1. The van der Waals surface area contributed by atoms with Gasteiger partial charge in [-0.15, -0.1) is 0 Å². The molecule has 0 aromatic carbocycles. The van der Waals surface area contributed by atoms with Crippen molar-refractivity contribution >= 4 is 0 Å². The molecule has 1 rings (SSSR count). The van der Waals surface area contributed by atoms with Crippen LogP contribution in [0.5, 0.6) is 0 Å². The van der Waals surface area contributed by atoms with E-state index < -0.39 is 0 Å². The Bertz CT molecular complexity index is 216. The van der Waals surface area contributed by atoms with Gasteiger partial charge in [0.25, 0.3) is 0 Å². The van der Waals surface area contributed by atoms with E-state index in [-0.39, 0.29) is 11.5 Å². The van der Waals surface area contributed by atoms with E-state index >= 15 is 0 Å². The van der Waals surface area contributed by atoms with Gasteiger partial charge in [-0.3, -0.25) is 4.90 Å². The Morgan fingerprint density at radius 3 is 2.50 bits per heavy atom. The molecule has 0 radical (unpaired) electrons. The maximum Gasteiger partial charge on any atom is 0.0575 e. The lowest BCUT2D eigenvalue weighted by atomic mass is 9.86. The fraction of sp³-hybridized carbons (Fsp3) is 1.00. The first kappa shape index (κ1) is 13.9. The molecule has 1 fully saturated rings. The number of hydrogen-bond acceptors (Lipinski definition) is 3. The fourth-order valence-corrected chi connectivity index (χ4v) is 2.30. The van der Waals surface area contributed by atoms with Crippen LogP contribution < -0.4 is 0 Å². The largest absolute Gasteiger partial charge is 0.393 e. The van der Waals surface area contributed by atoms with Crippen molar-refractivity contribution in [2.45, 2.75) is 46.3 Å². The minimum atomic E-state index is -0.243. The summed E-state index contributed by atoms with van der Waals surface area (Å²) in [6.07, 6.45) is 0.967. The van der Waals surface area contributed by atoms with Gasteiger partial charge in [-0.1, -0.05) is 20.8 Å². The molecule has 2 unspecified atom stereocenters. The maximum atomic E-state index is 9.75. The average molecular weight is 228 g/mol. The molecule has 1 N–H and O–H groups in total. The van der Waals surface area contributed by atoms with E-state index in [1.807, 2.05) is 6.92 Å². The highest BCUT2D eigenvalue weighted by molar-refractivity contribution is 4.84. The van der Waals surface area contributed by atoms with Crippen molar-refractivity contribution in [1.82, 2.24) is 9.80 Å². The van der Waals surface area contributed by atoms with E-state index in [0.717, 1.165) is 26.2 Å². The van der Waals surface area contributed by atoms with Gasteiger partial charge in [-0.2, -0.15) is 0 Å². The Balaban J connectivity index is 2.50. The molecular weight excluding hydrogens is 200 g/mol. The molecule has 2 atom stereocenters. The van der Waals surface area contributed by atoms with Gasteiger partial charge in [0, 0.05) is 37.6 Å². The van der Waals surface area contributed by atoms with Gasteiger partial charge in [0.1, 0.15) is 0 Å². The second-order valence-corrected chi connectivity index (χ2v) is 5.94. The summed E-state index contributed by atoms with van der Waals surface area (Å²) in [7, 11) is 2.21. The van der Waals surface area contributed by atoms with Crippen molar-refractivity contribution in [2.24, 2.45) is 5.41 Å². The van der Waals surface area contributed by atoms with Crippen molar-refractivity contribution in [3.05, 3.63) is 0 Å². The van der Waals surface area contributed by atoms with Gasteiger partial charge in [0.15, 0.2) is 0 Å². The van der Waals surface area contributed by atoms with Gasteiger partial charge < -0.3 is 10.0 Å². The zero-order chi connectivity index (χ0) is 12.3. The molecule has 0 spiro atoms. The van der Waals surface area contributed by atoms with Crippen LogP contribution in [0.15, 0.2) is 0 Å². The van der Waals surface area contributed by atoms with Crippen molar-refractivity contribution in [1.29, 1.82) is 0 Å². The van der Waals surface area contributed by atoms with Crippen LogP contribution in [-0.2, 0) is 0 Å². The zero-order valence-electron chi connectivity index (χ0n) is 11.5. The molecule has 1 heterocycles. The number of aliphatic hydroxyl groups excluding tert-OH is 1. The molecule has 96 valence electrons. The van der Waals surface area contributed by atoms with Crippen LogP contribution in [0.3, 0.4) is 0 Å². The smallest absolute Gasteiger partial charge is 0.0575 e. The van der Waals surface area contributed by atoms with Gasteiger partial charge >= 0.3 is 0 Å². The minimum absolute atomic E-state index is 0.00575. The molecule has 0 aliphatic carbocycles. The summed E-state index contributed by atoms with van der Waals surface area (Å²) in [5, 5.41) is 9.75. The van der Waals surface area contributed by atoms with Gasteiger partial charge in [-0.05, 0) is 20.4 Å². The second-order valence-electron chi connectivity index (χ2n) is 5.94. The van der Waals surface area contributed by atoms with E-state index in [9.17, 15) is 5.11 Å². The van der Waals surface area contributed by atoms with Crippen LogP contribution in [0, 0.1) is 5.41 Å². The van der Waals surface area contributed by atoms with E-state index in [4.69, 9.17) is 0 Å². The molecule has 3 heteroatoms. The third kappa shape index (κ3) is 3.44. The highest BCUT2D eigenvalue weighted by atomic mass is 16.3. The van der Waals surface area contributed by atoms with Crippen molar-refractivity contribution in [2.75, 3.05) is 33.2 Å². The molecular formula is C13H28N2O. The monoisotopic (exact) mass is 228 g/mol. The number of piperazine rings is 1. The Labute approximate surface area is 100 Å². The Morgan fingerprint density at radius 2 is 2.00 bits per heavy atom. The molecule has 0 aromatic rings. The predicted molar refractivity (Wildman–Crippen MR) is 68.6 cm³/mol. The summed E-state index contributed by atoms with van der Waals surface area (Å²) in [6, 6.07) is 0.679. The van der Waals surface area contributed by atoms with E-state index in [2.05, 4.69) is 37.6 Å². The first-order chi connectivity index (χ1) is 7.36. The van der Waals surface area contributed by atoms with Gasteiger partial charge in [0.05, 0.1) is 6.10 Å². The summed E-state index contributed by atoms with van der Waals surface area (Å²) in [6.45, 7) is 12.9. The van der Waals surface area contributed by atoms with Crippen molar-refractivity contribution in [3.8, 4) is 0 Å². The molecule has 1 aliphatic heterocycles. The zero-order valence-corrected chi connectivity index (χ0v) is 11.5. The number of rotatable bonds is 4. The highest BCUT2D eigenvalue weighted by Crippen LogP contribution is 2.23. The molecule has 0 aromatic heterocycles. The summed E-state index contributed by atoms with van der Waals surface area (Å²) < 4.78 is 0. The standard InChI is InChI=1S/C13H28N2O/c1-6-12-9-15(8-7-14(12)5)10-13(3,4)11(2)16/h11-12,16H,6-10H2,1-5H3. The van der Waals surface area contributed by atoms with Crippen LogP contribution in [0.25, 0.3) is 0 Å².